The summed E-state index contributed by atoms with van der Waals surface area (Å²) in [6, 6.07) is 2.65. The first kappa shape index (κ1) is 13.7. The Kier molecular flexibility index (Phi) is 4.44. The Labute approximate surface area is 119 Å². The third kappa shape index (κ3) is 3.45. The van der Waals surface area contributed by atoms with Gasteiger partial charge in [0.1, 0.15) is 11.6 Å². The number of nitrogens with zero attached hydrogens (tertiary/aromatic N) is 2. The molecule has 1 aromatic rings. The Balaban J connectivity index is 1.71. The van der Waals surface area contributed by atoms with Crippen LogP contribution in [0.15, 0.2) is 6.07 Å². The molecule has 110 valence electrons. The average molecular weight is 278 g/mol. The van der Waals surface area contributed by atoms with E-state index in [1.54, 1.807) is 0 Å². The predicted octanol–water partition coefficient (Wildman–Crippen LogP) is 1.04. The number of ether oxygens (including phenoxy) is 2. The quantitative estimate of drug-likeness (QED) is 0.861. The number of aromatic nitrogens is 2. The van der Waals surface area contributed by atoms with Gasteiger partial charge >= 0.3 is 0 Å². The molecular formula is C14H22N4O2. The van der Waals surface area contributed by atoms with Crippen LogP contribution in [0.4, 0.5) is 5.82 Å². The fourth-order valence-electron chi connectivity index (χ4n) is 2.65. The number of anilines is 1. The highest BCUT2D eigenvalue weighted by molar-refractivity contribution is 5.38. The van der Waals surface area contributed by atoms with E-state index in [1.807, 2.05) is 13.0 Å². The number of morpholine rings is 1. The van der Waals surface area contributed by atoms with Crippen LogP contribution in [0.1, 0.15) is 30.4 Å². The molecule has 3 heterocycles. The van der Waals surface area contributed by atoms with Gasteiger partial charge in [0.25, 0.3) is 0 Å². The van der Waals surface area contributed by atoms with Gasteiger partial charge in [-0.1, -0.05) is 0 Å². The van der Waals surface area contributed by atoms with Crippen LogP contribution in [-0.2, 0) is 9.47 Å². The van der Waals surface area contributed by atoms with Gasteiger partial charge in [0.15, 0.2) is 0 Å². The summed E-state index contributed by atoms with van der Waals surface area (Å²) in [5, 5.41) is 6.93. The Bertz CT molecular complexity index is 443. The zero-order chi connectivity index (χ0) is 13.8. The molecule has 1 aromatic heterocycles. The second-order valence-electron chi connectivity index (χ2n) is 5.34. The maximum atomic E-state index is 5.51. The molecule has 1 atom stereocenters. The van der Waals surface area contributed by atoms with E-state index in [0.29, 0.717) is 12.6 Å². The topological polar surface area (TPSA) is 68.3 Å². The van der Waals surface area contributed by atoms with Gasteiger partial charge in [-0.25, -0.2) is 9.97 Å². The zero-order valence-corrected chi connectivity index (χ0v) is 11.9. The monoisotopic (exact) mass is 278 g/mol. The van der Waals surface area contributed by atoms with Gasteiger partial charge in [-0.2, -0.15) is 0 Å². The summed E-state index contributed by atoms with van der Waals surface area (Å²) in [4.78, 5) is 9.02. The minimum Gasteiger partial charge on any atom is -0.381 e. The third-order valence-corrected chi connectivity index (χ3v) is 3.71. The number of hydrogen-bond donors (Lipinski definition) is 2. The van der Waals surface area contributed by atoms with E-state index in [2.05, 4.69) is 20.6 Å². The lowest BCUT2D eigenvalue weighted by atomic mass is 10.1. The summed E-state index contributed by atoms with van der Waals surface area (Å²) in [5.41, 5.74) is 1.01. The lowest BCUT2D eigenvalue weighted by Crippen LogP contribution is -2.35. The van der Waals surface area contributed by atoms with Crippen molar-refractivity contribution in [2.24, 2.45) is 0 Å². The maximum absolute atomic E-state index is 5.51. The van der Waals surface area contributed by atoms with Gasteiger partial charge in [0, 0.05) is 31.9 Å². The molecule has 0 saturated carbocycles. The van der Waals surface area contributed by atoms with Crippen molar-refractivity contribution >= 4 is 5.82 Å². The lowest BCUT2D eigenvalue weighted by Gasteiger charge is -2.26. The number of rotatable bonds is 3. The van der Waals surface area contributed by atoms with Crippen LogP contribution < -0.4 is 10.6 Å². The molecule has 2 N–H and O–H groups in total. The average Bonchev–Trinajstić information content (AvgIpc) is 2.49. The van der Waals surface area contributed by atoms with Crippen LogP contribution in [0.5, 0.6) is 0 Å². The smallest absolute Gasteiger partial charge is 0.130 e. The van der Waals surface area contributed by atoms with Gasteiger partial charge in [0.2, 0.25) is 0 Å². The van der Waals surface area contributed by atoms with Crippen LogP contribution in [0.25, 0.3) is 0 Å². The molecule has 0 bridgehead atoms. The van der Waals surface area contributed by atoms with Gasteiger partial charge in [-0.3, -0.25) is 0 Å². The molecule has 0 spiro atoms. The van der Waals surface area contributed by atoms with Crippen molar-refractivity contribution < 1.29 is 9.47 Å². The number of nitrogens with one attached hydrogen (secondary N) is 2. The van der Waals surface area contributed by atoms with E-state index in [1.165, 1.54) is 0 Å². The largest absolute Gasteiger partial charge is 0.381 e. The second kappa shape index (κ2) is 6.47. The highest BCUT2D eigenvalue weighted by Gasteiger charge is 2.19. The summed E-state index contributed by atoms with van der Waals surface area (Å²) in [6.07, 6.45) is 2.06. The Morgan fingerprint density at radius 3 is 2.80 bits per heavy atom. The maximum Gasteiger partial charge on any atom is 0.130 e. The van der Waals surface area contributed by atoms with E-state index < -0.39 is 0 Å². The van der Waals surface area contributed by atoms with Crippen LogP contribution in [0.3, 0.4) is 0 Å². The molecular weight excluding hydrogens is 256 g/mol. The van der Waals surface area contributed by atoms with Crippen LogP contribution >= 0.6 is 0 Å². The molecule has 6 nitrogen and oxygen atoms in total. The van der Waals surface area contributed by atoms with Crippen molar-refractivity contribution in [3.63, 3.8) is 0 Å². The van der Waals surface area contributed by atoms with Crippen LogP contribution in [0, 0.1) is 6.92 Å². The standard InChI is InChI=1S/C14H22N4O2/c1-10-16-12(13-9-20-7-4-15-13)8-14(17-10)18-11-2-5-19-6-3-11/h8,11,13,15H,2-7,9H2,1H3,(H,16,17,18). The van der Waals surface area contributed by atoms with Crippen molar-refractivity contribution in [1.82, 2.24) is 15.3 Å². The fourth-order valence-corrected chi connectivity index (χ4v) is 2.65. The normalized spacial score (nSPS) is 24.6. The van der Waals surface area contributed by atoms with E-state index in [-0.39, 0.29) is 6.04 Å². The van der Waals surface area contributed by atoms with Crippen LogP contribution in [0.2, 0.25) is 0 Å². The summed E-state index contributed by atoms with van der Waals surface area (Å²) in [5.74, 6) is 1.70. The second-order valence-corrected chi connectivity index (χ2v) is 5.34. The van der Waals surface area contributed by atoms with Gasteiger partial charge in [-0.15, -0.1) is 0 Å². The highest BCUT2D eigenvalue weighted by Crippen LogP contribution is 2.19. The molecule has 0 aliphatic carbocycles. The van der Waals surface area contributed by atoms with E-state index in [0.717, 1.165) is 56.5 Å². The molecule has 0 radical (unpaired) electrons. The molecule has 3 rings (SSSR count). The van der Waals surface area contributed by atoms with Gasteiger partial charge < -0.3 is 20.1 Å². The lowest BCUT2D eigenvalue weighted by molar-refractivity contribution is 0.0755. The molecule has 2 fully saturated rings. The minimum atomic E-state index is 0.167. The summed E-state index contributed by atoms with van der Waals surface area (Å²) < 4.78 is 10.9. The number of aryl methyl sites for hydroxylation is 1. The Morgan fingerprint density at radius 2 is 2.05 bits per heavy atom. The Morgan fingerprint density at radius 1 is 1.20 bits per heavy atom. The van der Waals surface area contributed by atoms with Gasteiger partial charge in [0.05, 0.1) is 24.9 Å². The van der Waals surface area contributed by atoms with Crippen molar-refractivity contribution in [2.75, 3.05) is 38.3 Å². The van der Waals surface area contributed by atoms with E-state index in [4.69, 9.17) is 9.47 Å². The molecule has 2 aliphatic heterocycles. The minimum absolute atomic E-state index is 0.167. The van der Waals surface area contributed by atoms with Crippen molar-refractivity contribution in [1.29, 1.82) is 0 Å². The highest BCUT2D eigenvalue weighted by atomic mass is 16.5. The van der Waals surface area contributed by atoms with E-state index >= 15 is 0 Å². The van der Waals surface area contributed by atoms with Crippen LogP contribution in [-0.4, -0.2) is 49.0 Å². The molecule has 20 heavy (non-hydrogen) atoms. The molecule has 2 saturated heterocycles. The third-order valence-electron chi connectivity index (χ3n) is 3.71. The molecule has 6 heteroatoms. The summed E-state index contributed by atoms with van der Waals surface area (Å²) in [7, 11) is 0. The first-order valence-electron chi connectivity index (χ1n) is 7.32. The first-order valence-corrected chi connectivity index (χ1v) is 7.32. The molecule has 1 unspecified atom stereocenters. The van der Waals surface area contributed by atoms with Crippen molar-refractivity contribution in [2.45, 2.75) is 31.8 Å². The van der Waals surface area contributed by atoms with Crippen molar-refractivity contribution in [3.05, 3.63) is 17.6 Å². The molecule has 2 aliphatic rings. The molecule has 0 aromatic carbocycles. The summed E-state index contributed by atoms with van der Waals surface area (Å²) >= 11 is 0. The predicted molar refractivity (Wildman–Crippen MR) is 75.8 cm³/mol. The Hall–Kier alpha value is -1.24. The fraction of sp³-hybridized carbons (Fsp3) is 0.714. The summed E-state index contributed by atoms with van der Waals surface area (Å²) in [6.45, 7) is 5.90. The van der Waals surface area contributed by atoms with Gasteiger partial charge in [-0.05, 0) is 19.8 Å². The SMILES string of the molecule is Cc1nc(NC2CCOCC2)cc(C2COCCN2)n1. The first-order chi connectivity index (χ1) is 9.81. The molecule has 0 amide bonds. The van der Waals surface area contributed by atoms with Crippen molar-refractivity contribution in [3.8, 4) is 0 Å². The number of hydrogen-bond acceptors (Lipinski definition) is 6. The zero-order valence-electron chi connectivity index (χ0n) is 11.9. The van der Waals surface area contributed by atoms with E-state index in [9.17, 15) is 0 Å².